The number of rotatable bonds is 5. The fourth-order valence-electron chi connectivity index (χ4n) is 3.02. The van der Waals surface area contributed by atoms with Crippen molar-refractivity contribution in [2.45, 2.75) is 45.1 Å². The highest BCUT2D eigenvalue weighted by atomic mass is 16.5. The number of piperidine rings is 1. The number of hydrogen-bond acceptors (Lipinski definition) is 3. The topological polar surface area (TPSA) is 66.8 Å². The molecule has 1 aliphatic heterocycles. The van der Waals surface area contributed by atoms with E-state index in [9.17, 15) is 9.59 Å². The molecule has 1 N–H and O–H groups in total. The highest BCUT2D eigenvalue weighted by Crippen LogP contribution is 2.25. The number of amides is 1. The van der Waals surface area contributed by atoms with Crippen LogP contribution in [0.2, 0.25) is 0 Å². The van der Waals surface area contributed by atoms with Crippen molar-refractivity contribution in [3.63, 3.8) is 0 Å². The SMILES string of the molecule is COc1ccc(C(=O)N2CCCCC2CCC(=O)O)c(C)c1. The van der Waals surface area contributed by atoms with E-state index in [2.05, 4.69) is 0 Å². The average molecular weight is 305 g/mol. The van der Waals surface area contributed by atoms with Crippen LogP contribution in [0, 0.1) is 6.92 Å². The first-order valence-electron chi connectivity index (χ1n) is 7.70. The molecule has 1 amide bonds. The standard InChI is InChI=1S/C17H23NO4/c1-12-11-14(22-2)7-8-15(12)17(21)18-10-4-3-5-13(18)6-9-16(19)20/h7-8,11,13H,3-6,9-10H2,1-2H3,(H,19,20). The molecule has 22 heavy (non-hydrogen) atoms. The lowest BCUT2D eigenvalue weighted by Crippen LogP contribution is -2.44. The highest BCUT2D eigenvalue weighted by Gasteiger charge is 2.28. The third-order valence-electron chi connectivity index (χ3n) is 4.24. The zero-order valence-corrected chi connectivity index (χ0v) is 13.2. The largest absolute Gasteiger partial charge is 0.497 e. The summed E-state index contributed by atoms with van der Waals surface area (Å²) in [4.78, 5) is 25.5. The molecule has 0 saturated carbocycles. The van der Waals surface area contributed by atoms with Gasteiger partial charge in [-0.3, -0.25) is 9.59 Å². The summed E-state index contributed by atoms with van der Waals surface area (Å²) in [6, 6.07) is 5.46. The van der Waals surface area contributed by atoms with Gasteiger partial charge in [-0.2, -0.15) is 0 Å². The van der Waals surface area contributed by atoms with Gasteiger partial charge >= 0.3 is 5.97 Å². The highest BCUT2D eigenvalue weighted by molar-refractivity contribution is 5.96. The molecule has 0 aliphatic carbocycles. The number of aliphatic carboxylic acids is 1. The van der Waals surface area contributed by atoms with Gasteiger partial charge < -0.3 is 14.7 Å². The Morgan fingerprint density at radius 3 is 2.77 bits per heavy atom. The molecule has 1 atom stereocenters. The fraction of sp³-hybridized carbons (Fsp3) is 0.529. The lowest BCUT2D eigenvalue weighted by Gasteiger charge is -2.36. The number of carbonyl (C=O) groups is 2. The number of carboxylic acid groups (broad SMARTS) is 1. The van der Waals surface area contributed by atoms with Gasteiger partial charge in [0.2, 0.25) is 0 Å². The summed E-state index contributed by atoms with van der Waals surface area (Å²) >= 11 is 0. The first-order chi connectivity index (χ1) is 10.5. The number of likely N-dealkylation sites (tertiary alicyclic amines) is 1. The van der Waals surface area contributed by atoms with Crippen LogP contribution in [0.4, 0.5) is 0 Å². The van der Waals surface area contributed by atoms with Crippen LogP contribution in [-0.4, -0.2) is 41.6 Å². The molecule has 1 aliphatic rings. The van der Waals surface area contributed by atoms with Crippen molar-refractivity contribution in [2.24, 2.45) is 0 Å². The van der Waals surface area contributed by atoms with Gasteiger partial charge in [-0.05, 0) is 56.4 Å². The Morgan fingerprint density at radius 1 is 1.36 bits per heavy atom. The van der Waals surface area contributed by atoms with E-state index in [4.69, 9.17) is 9.84 Å². The van der Waals surface area contributed by atoms with E-state index in [1.54, 1.807) is 19.2 Å². The van der Waals surface area contributed by atoms with Crippen molar-refractivity contribution in [1.29, 1.82) is 0 Å². The minimum absolute atomic E-state index is 0.00441. The van der Waals surface area contributed by atoms with Crippen LogP contribution in [0.25, 0.3) is 0 Å². The van der Waals surface area contributed by atoms with Crippen molar-refractivity contribution in [2.75, 3.05) is 13.7 Å². The number of aryl methyl sites for hydroxylation is 1. The van der Waals surface area contributed by atoms with E-state index >= 15 is 0 Å². The van der Waals surface area contributed by atoms with E-state index < -0.39 is 5.97 Å². The van der Waals surface area contributed by atoms with E-state index in [-0.39, 0.29) is 18.4 Å². The molecule has 1 fully saturated rings. The Bertz CT molecular complexity index is 556. The lowest BCUT2D eigenvalue weighted by atomic mass is 9.96. The number of hydrogen-bond donors (Lipinski definition) is 1. The molecule has 5 heteroatoms. The molecule has 0 bridgehead atoms. The molecule has 120 valence electrons. The number of nitrogens with zero attached hydrogens (tertiary/aromatic N) is 1. The zero-order chi connectivity index (χ0) is 16.1. The number of ether oxygens (including phenoxy) is 1. The molecule has 0 aromatic heterocycles. The fourth-order valence-corrected chi connectivity index (χ4v) is 3.02. The first-order valence-corrected chi connectivity index (χ1v) is 7.70. The van der Waals surface area contributed by atoms with Crippen LogP contribution < -0.4 is 4.74 Å². The Morgan fingerprint density at radius 2 is 2.14 bits per heavy atom. The summed E-state index contributed by atoms with van der Waals surface area (Å²) < 4.78 is 5.17. The van der Waals surface area contributed by atoms with Crippen LogP contribution in [0.5, 0.6) is 5.75 Å². The van der Waals surface area contributed by atoms with Crippen LogP contribution in [0.3, 0.4) is 0 Å². The number of carboxylic acids is 1. The Hall–Kier alpha value is -2.04. The van der Waals surface area contributed by atoms with Gasteiger partial charge in [0.25, 0.3) is 5.91 Å². The molecule has 1 heterocycles. The molecular weight excluding hydrogens is 282 g/mol. The van der Waals surface area contributed by atoms with Gasteiger partial charge in [0.05, 0.1) is 7.11 Å². The van der Waals surface area contributed by atoms with E-state index in [1.165, 1.54) is 0 Å². The second-order valence-corrected chi connectivity index (χ2v) is 5.76. The van der Waals surface area contributed by atoms with Gasteiger partial charge in [-0.25, -0.2) is 0 Å². The molecule has 1 saturated heterocycles. The quantitative estimate of drug-likeness (QED) is 0.908. The summed E-state index contributed by atoms with van der Waals surface area (Å²) in [6.07, 6.45) is 3.54. The van der Waals surface area contributed by atoms with E-state index in [0.29, 0.717) is 18.5 Å². The maximum absolute atomic E-state index is 12.8. The van der Waals surface area contributed by atoms with Gasteiger partial charge in [0, 0.05) is 24.6 Å². The maximum atomic E-state index is 12.8. The minimum Gasteiger partial charge on any atom is -0.497 e. The monoisotopic (exact) mass is 305 g/mol. The summed E-state index contributed by atoms with van der Waals surface area (Å²) in [5.74, 6) is -0.0797. The molecule has 1 aromatic rings. The lowest BCUT2D eigenvalue weighted by molar-refractivity contribution is -0.137. The molecule has 0 spiro atoms. The van der Waals surface area contributed by atoms with E-state index in [1.807, 2.05) is 17.9 Å². The Labute approximate surface area is 130 Å². The zero-order valence-electron chi connectivity index (χ0n) is 13.2. The van der Waals surface area contributed by atoms with Crippen molar-refractivity contribution < 1.29 is 19.4 Å². The summed E-state index contributed by atoms with van der Waals surface area (Å²) in [6.45, 7) is 2.60. The Balaban J connectivity index is 2.16. The summed E-state index contributed by atoms with van der Waals surface area (Å²) in [7, 11) is 1.60. The normalized spacial score (nSPS) is 18.1. The van der Waals surface area contributed by atoms with E-state index in [0.717, 1.165) is 30.6 Å². The third-order valence-corrected chi connectivity index (χ3v) is 4.24. The average Bonchev–Trinajstić information content (AvgIpc) is 2.52. The van der Waals surface area contributed by atoms with Crippen molar-refractivity contribution in [3.8, 4) is 5.75 Å². The molecule has 1 aromatic carbocycles. The van der Waals surface area contributed by atoms with Crippen molar-refractivity contribution in [1.82, 2.24) is 4.90 Å². The van der Waals surface area contributed by atoms with Crippen molar-refractivity contribution in [3.05, 3.63) is 29.3 Å². The molecule has 0 radical (unpaired) electrons. The van der Waals surface area contributed by atoms with Gasteiger partial charge in [-0.1, -0.05) is 0 Å². The Kier molecular flexibility index (Phi) is 5.41. The number of methoxy groups -OCH3 is 1. The van der Waals surface area contributed by atoms with Gasteiger partial charge in [-0.15, -0.1) is 0 Å². The number of benzene rings is 1. The van der Waals surface area contributed by atoms with Crippen LogP contribution in [-0.2, 0) is 4.79 Å². The van der Waals surface area contributed by atoms with Gasteiger partial charge in [0.15, 0.2) is 0 Å². The molecule has 5 nitrogen and oxygen atoms in total. The smallest absolute Gasteiger partial charge is 0.303 e. The predicted octanol–water partition coefficient (Wildman–Crippen LogP) is 2.86. The first kappa shape index (κ1) is 16.3. The third kappa shape index (κ3) is 3.78. The summed E-state index contributed by atoms with van der Waals surface area (Å²) in [5.41, 5.74) is 1.55. The minimum atomic E-state index is -0.807. The van der Waals surface area contributed by atoms with Crippen LogP contribution >= 0.6 is 0 Å². The van der Waals surface area contributed by atoms with Gasteiger partial charge in [0.1, 0.15) is 5.75 Å². The molecular formula is C17H23NO4. The second kappa shape index (κ2) is 7.29. The summed E-state index contributed by atoms with van der Waals surface area (Å²) in [5, 5.41) is 8.87. The number of carbonyl (C=O) groups excluding carboxylic acids is 1. The maximum Gasteiger partial charge on any atom is 0.303 e. The second-order valence-electron chi connectivity index (χ2n) is 5.76. The van der Waals surface area contributed by atoms with Crippen LogP contribution in [0.1, 0.15) is 48.0 Å². The molecule has 1 unspecified atom stereocenters. The van der Waals surface area contributed by atoms with Crippen molar-refractivity contribution >= 4 is 11.9 Å². The molecule has 2 rings (SSSR count). The van der Waals surface area contributed by atoms with Crippen LogP contribution in [0.15, 0.2) is 18.2 Å². The predicted molar refractivity (Wildman–Crippen MR) is 83.3 cm³/mol.